The van der Waals surface area contributed by atoms with Gasteiger partial charge in [0.05, 0.1) is 0 Å². The maximum atomic E-state index is 3.57. The molecule has 1 heteroatoms. The predicted molar refractivity (Wildman–Crippen MR) is 75.2 cm³/mol. The van der Waals surface area contributed by atoms with Crippen LogP contribution in [0.1, 0.15) is 70.6 Å². The topological polar surface area (TPSA) is 12.0 Å². The van der Waals surface area contributed by atoms with E-state index >= 15 is 0 Å². The molecule has 0 bridgehead atoms. The Labute approximate surface area is 107 Å². The first-order valence-corrected chi connectivity index (χ1v) is 7.76. The minimum atomic E-state index is 0.679. The Hall–Kier alpha value is -0.300. The maximum absolute atomic E-state index is 3.57. The Kier molecular flexibility index (Phi) is 5.57. The molecule has 0 aliphatic heterocycles. The molecule has 0 aromatic carbocycles. The fraction of sp³-hybridized carbons (Fsp3) is 0.875. The van der Waals surface area contributed by atoms with Crippen LogP contribution in [0.2, 0.25) is 0 Å². The van der Waals surface area contributed by atoms with Crippen LogP contribution in [0, 0.1) is 5.92 Å². The van der Waals surface area contributed by atoms with Crippen LogP contribution < -0.4 is 5.32 Å². The number of hydrogen-bond acceptors (Lipinski definition) is 1. The first-order valence-electron chi connectivity index (χ1n) is 7.76. The van der Waals surface area contributed by atoms with Gasteiger partial charge in [-0.05, 0) is 45.1 Å². The molecule has 1 fully saturated rings. The van der Waals surface area contributed by atoms with Crippen molar-refractivity contribution in [3.63, 3.8) is 0 Å². The van der Waals surface area contributed by atoms with Crippen LogP contribution in [0.5, 0.6) is 0 Å². The zero-order valence-electron chi connectivity index (χ0n) is 11.5. The molecular weight excluding hydrogens is 206 g/mol. The molecule has 1 unspecified atom stereocenters. The SMILES string of the molecule is CNC(CC1CCCCCC1)C1=CCCCC1. The summed E-state index contributed by atoms with van der Waals surface area (Å²) in [6, 6.07) is 0.679. The van der Waals surface area contributed by atoms with E-state index in [1.807, 2.05) is 0 Å². The molecule has 0 amide bonds. The van der Waals surface area contributed by atoms with Crippen molar-refractivity contribution in [3.8, 4) is 0 Å². The standard InChI is InChI=1S/C16H29N/c1-17-16(15-11-7-4-8-12-15)13-14-9-5-2-3-6-10-14/h11,14,16-17H,2-10,12-13H2,1H3. The van der Waals surface area contributed by atoms with E-state index in [-0.39, 0.29) is 0 Å². The van der Waals surface area contributed by atoms with Crippen molar-refractivity contribution < 1.29 is 0 Å². The summed E-state index contributed by atoms with van der Waals surface area (Å²) < 4.78 is 0. The van der Waals surface area contributed by atoms with E-state index in [1.54, 1.807) is 5.57 Å². The monoisotopic (exact) mass is 235 g/mol. The van der Waals surface area contributed by atoms with E-state index in [1.165, 1.54) is 70.6 Å². The van der Waals surface area contributed by atoms with Gasteiger partial charge >= 0.3 is 0 Å². The van der Waals surface area contributed by atoms with Gasteiger partial charge in [-0.15, -0.1) is 0 Å². The molecule has 0 heterocycles. The van der Waals surface area contributed by atoms with Gasteiger partial charge in [0, 0.05) is 6.04 Å². The van der Waals surface area contributed by atoms with Crippen LogP contribution >= 0.6 is 0 Å². The van der Waals surface area contributed by atoms with Crippen LogP contribution in [0.15, 0.2) is 11.6 Å². The van der Waals surface area contributed by atoms with Crippen molar-refractivity contribution in [2.75, 3.05) is 7.05 Å². The van der Waals surface area contributed by atoms with Crippen molar-refractivity contribution >= 4 is 0 Å². The Morgan fingerprint density at radius 2 is 1.88 bits per heavy atom. The Morgan fingerprint density at radius 1 is 1.12 bits per heavy atom. The molecule has 2 aliphatic carbocycles. The van der Waals surface area contributed by atoms with Gasteiger partial charge in [-0.1, -0.05) is 50.2 Å². The van der Waals surface area contributed by atoms with Crippen molar-refractivity contribution in [1.29, 1.82) is 0 Å². The van der Waals surface area contributed by atoms with Gasteiger partial charge in [-0.3, -0.25) is 0 Å². The van der Waals surface area contributed by atoms with E-state index in [4.69, 9.17) is 0 Å². The van der Waals surface area contributed by atoms with Crippen LogP contribution in [0.25, 0.3) is 0 Å². The third kappa shape index (κ3) is 4.13. The normalized spacial score (nSPS) is 25.1. The number of likely N-dealkylation sites (N-methyl/N-ethyl adjacent to an activating group) is 1. The van der Waals surface area contributed by atoms with Gasteiger partial charge in [-0.25, -0.2) is 0 Å². The Bertz CT molecular complexity index is 236. The Balaban J connectivity index is 1.86. The van der Waals surface area contributed by atoms with Crippen LogP contribution in [-0.4, -0.2) is 13.1 Å². The fourth-order valence-corrected chi connectivity index (χ4v) is 3.57. The zero-order valence-corrected chi connectivity index (χ0v) is 11.5. The fourth-order valence-electron chi connectivity index (χ4n) is 3.57. The largest absolute Gasteiger partial charge is 0.313 e. The average molecular weight is 235 g/mol. The molecule has 0 aromatic heterocycles. The van der Waals surface area contributed by atoms with Gasteiger partial charge in [0.1, 0.15) is 0 Å². The lowest BCUT2D eigenvalue weighted by Gasteiger charge is -2.26. The van der Waals surface area contributed by atoms with Crippen molar-refractivity contribution in [1.82, 2.24) is 5.32 Å². The first kappa shape index (κ1) is 13.1. The predicted octanol–water partition coefficient (Wildman–Crippen LogP) is 4.44. The third-order valence-corrected chi connectivity index (χ3v) is 4.67. The highest BCUT2D eigenvalue weighted by atomic mass is 14.9. The van der Waals surface area contributed by atoms with Crippen LogP contribution in [-0.2, 0) is 0 Å². The second-order valence-corrected chi connectivity index (χ2v) is 5.96. The summed E-state index contributed by atoms with van der Waals surface area (Å²) in [5, 5.41) is 3.57. The van der Waals surface area contributed by atoms with E-state index in [2.05, 4.69) is 18.4 Å². The van der Waals surface area contributed by atoms with E-state index in [9.17, 15) is 0 Å². The first-order chi connectivity index (χ1) is 8.40. The van der Waals surface area contributed by atoms with Crippen LogP contribution in [0.3, 0.4) is 0 Å². The van der Waals surface area contributed by atoms with Gasteiger partial charge in [0.15, 0.2) is 0 Å². The molecule has 1 N–H and O–H groups in total. The number of allylic oxidation sites excluding steroid dienone is 1. The Morgan fingerprint density at radius 3 is 2.47 bits per heavy atom. The number of hydrogen-bond donors (Lipinski definition) is 1. The smallest absolute Gasteiger partial charge is 0.0279 e. The molecule has 1 nitrogen and oxygen atoms in total. The molecule has 2 aliphatic rings. The minimum absolute atomic E-state index is 0.679. The number of rotatable bonds is 4. The van der Waals surface area contributed by atoms with Gasteiger partial charge in [0.2, 0.25) is 0 Å². The molecule has 2 rings (SSSR count). The molecule has 0 saturated heterocycles. The summed E-state index contributed by atoms with van der Waals surface area (Å²) in [7, 11) is 2.15. The molecule has 17 heavy (non-hydrogen) atoms. The maximum Gasteiger partial charge on any atom is 0.0279 e. The summed E-state index contributed by atoms with van der Waals surface area (Å²) in [6.07, 6.45) is 18.2. The van der Waals surface area contributed by atoms with Gasteiger partial charge < -0.3 is 5.32 Å². The van der Waals surface area contributed by atoms with E-state index < -0.39 is 0 Å². The zero-order chi connectivity index (χ0) is 11.9. The lowest BCUT2D eigenvalue weighted by Crippen LogP contribution is -2.30. The summed E-state index contributed by atoms with van der Waals surface area (Å²) in [4.78, 5) is 0. The summed E-state index contributed by atoms with van der Waals surface area (Å²) >= 11 is 0. The van der Waals surface area contributed by atoms with Gasteiger partial charge in [-0.2, -0.15) is 0 Å². The second-order valence-electron chi connectivity index (χ2n) is 5.96. The summed E-state index contributed by atoms with van der Waals surface area (Å²) in [6.45, 7) is 0. The second kappa shape index (κ2) is 7.20. The van der Waals surface area contributed by atoms with Gasteiger partial charge in [0.25, 0.3) is 0 Å². The number of nitrogens with one attached hydrogen (secondary N) is 1. The van der Waals surface area contributed by atoms with E-state index in [0.29, 0.717) is 6.04 Å². The molecule has 98 valence electrons. The molecule has 0 spiro atoms. The molecule has 1 atom stereocenters. The van der Waals surface area contributed by atoms with E-state index in [0.717, 1.165) is 5.92 Å². The van der Waals surface area contributed by atoms with Crippen molar-refractivity contribution in [3.05, 3.63) is 11.6 Å². The molecule has 0 aromatic rings. The highest BCUT2D eigenvalue weighted by Crippen LogP contribution is 2.30. The lowest BCUT2D eigenvalue weighted by atomic mass is 9.85. The lowest BCUT2D eigenvalue weighted by molar-refractivity contribution is 0.377. The third-order valence-electron chi connectivity index (χ3n) is 4.67. The highest BCUT2D eigenvalue weighted by Gasteiger charge is 2.20. The van der Waals surface area contributed by atoms with Crippen molar-refractivity contribution in [2.45, 2.75) is 76.7 Å². The van der Waals surface area contributed by atoms with Crippen LogP contribution in [0.4, 0.5) is 0 Å². The highest BCUT2D eigenvalue weighted by molar-refractivity contribution is 5.13. The minimum Gasteiger partial charge on any atom is -0.313 e. The summed E-state index contributed by atoms with van der Waals surface area (Å²) in [5.74, 6) is 0.984. The van der Waals surface area contributed by atoms with Crippen molar-refractivity contribution in [2.24, 2.45) is 5.92 Å². The molecule has 1 saturated carbocycles. The average Bonchev–Trinajstić information content (AvgIpc) is 2.65. The molecule has 0 radical (unpaired) electrons. The quantitative estimate of drug-likeness (QED) is 0.561. The summed E-state index contributed by atoms with van der Waals surface area (Å²) in [5.41, 5.74) is 1.71. The molecular formula is C16H29N.